The smallest absolute Gasteiger partial charge is 0.154 e. The third-order valence-electron chi connectivity index (χ3n) is 2.13. The standard InChI is InChI=1S/C10H22O8/c1-6-8(16-12-3)10(18-14-5)9(17-13-4)7-15-11-2/h8-10H,6-7H2,1-5H3. The monoisotopic (exact) mass is 270 g/mol. The van der Waals surface area contributed by atoms with Crippen molar-refractivity contribution in [2.24, 2.45) is 0 Å². The van der Waals surface area contributed by atoms with Crippen LogP contribution >= 0.6 is 0 Å². The number of hydrogen-bond acceptors (Lipinski definition) is 8. The van der Waals surface area contributed by atoms with Gasteiger partial charge in [0.25, 0.3) is 0 Å². The summed E-state index contributed by atoms with van der Waals surface area (Å²) in [6.07, 6.45) is -1.04. The van der Waals surface area contributed by atoms with E-state index in [1.54, 1.807) is 0 Å². The highest BCUT2D eigenvalue weighted by Gasteiger charge is 2.34. The first-order valence-corrected chi connectivity index (χ1v) is 5.49. The molecule has 0 aromatic rings. The molecule has 0 aliphatic heterocycles. The Labute approximate surface area is 107 Å². The molecular weight excluding hydrogens is 248 g/mol. The lowest BCUT2D eigenvalue weighted by molar-refractivity contribution is -0.427. The lowest BCUT2D eigenvalue weighted by atomic mass is 10.1. The lowest BCUT2D eigenvalue weighted by Gasteiger charge is -2.28. The van der Waals surface area contributed by atoms with E-state index in [2.05, 4.69) is 19.6 Å². The van der Waals surface area contributed by atoms with Crippen LogP contribution in [0.3, 0.4) is 0 Å². The molecule has 3 unspecified atom stereocenters. The Hall–Kier alpha value is -0.320. The minimum absolute atomic E-state index is 0.0714. The summed E-state index contributed by atoms with van der Waals surface area (Å²) in [5.41, 5.74) is 0. The molecule has 0 aromatic carbocycles. The fourth-order valence-electron chi connectivity index (χ4n) is 1.39. The van der Waals surface area contributed by atoms with E-state index in [0.717, 1.165) is 0 Å². The Bertz CT molecular complexity index is 179. The van der Waals surface area contributed by atoms with Gasteiger partial charge in [0.15, 0.2) is 12.2 Å². The first-order chi connectivity index (χ1) is 8.74. The maximum absolute atomic E-state index is 5.11. The first kappa shape index (κ1) is 17.7. The van der Waals surface area contributed by atoms with Crippen molar-refractivity contribution in [3.8, 4) is 0 Å². The Kier molecular flexibility index (Phi) is 11.5. The van der Waals surface area contributed by atoms with Crippen molar-refractivity contribution in [2.75, 3.05) is 35.0 Å². The largest absolute Gasteiger partial charge is 0.240 e. The topological polar surface area (TPSA) is 73.8 Å². The fraction of sp³-hybridized carbons (Fsp3) is 1.00. The second kappa shape index (κ2) is 11.8. The predicted octanol–water partition coefficient (Wildman–Crippen LogP) is 0.814. The molecule has 3 atom stereocenters. The fourth-order valence-corrected chi connectivity index (χ4v) is 1.39. The second-order valence-electron chi connectivity index (χ2n) is 3.19. The predicted molar refractivity (Wildman–Crippen MR) is 58.9 cm³/mol. The molecule has 0 aliphatic rings. The Morgan fingerprint density at radius 1 is 0.722 bits per heavy atom. The van der Waals surface area contributed by atoms with Crippen molar-refractivity contribution in [1.29, 1.82) is 0 Å². The molecule has 0 bridgehead atoms. The Morgan fingerprint density at radius 2 is 1.28 bits per heavy atom. The lowest BCUT2D eigenvalue weighted by Crippen LogP contribution is -2.44. The van der Waals surface area contributed by atoms with Gasteiger partial charge in [0, 0.05) is 0 Å². The van der Waals surface area contributed by atoms with Gasteiger partial charge in [0.05, 0.1) is 28.4 Å². The third kappa shape index (κ3) is 6.57. The van der Waals surface area contributed by atoms with Gasteiger partial charge in [-0.05, 0) is 6.42 Å². The minimum atomic E-state index is -0.616. The van der Waals surface area contributed by atoms with Crippen LogP contribution in [-0.2, 0) is 39.1 Å². The molecular formula is C10H22O8. The van der Waals surface area contributed by atoms with E-state index < -0.39 is 18.3 Å². The van der Waals surface area contributed by atoms with E-state index in [0.29, 0.717) is 6.42 Å². The molecule has 0 saturated heterocycles. The van der Waals surface area contributed by atoms with Crippen LogP contribution in [0.2, 0.25) is 0 Å². The summed E-state index contributed by atoms with van der Waals surface area (Å²) in [7, 11) is 5.55. The van der Waals surface area contributed by atoms with Crippen molar-refractivity contribution in [3.63, 3.8) is 0 Å². The maximum Gasteiger partial charge on any atom is 0.154 e. The molecule has 0 heterocycles. The zero-order chi connectivity index (χ0) is 13.8. The zero-order valence-corrected chi connectivity index (χ0v) is 11.4. The summed E-state index contributed by atoms with van der Waals surface area (Å²) in [4.78, 5) is 38.5. The molecule has 0 N–H and O–H groups in total. The van der Waals surface area contributed by atoms with Crippen LogP contribution in [0.4, 0.5) is 0 Å². The first-order valence-electron chi connectivity index (χ1n) is 5.49. The normalized spacial score (nSPS) is 16.5. The van der Waals surface area contributed by atoms with E-state index in [1.165, 1.54) is 28.4 Å². The molecule has 0 spiro atoms. The van der Waals surface area contributed by atoms with Crippen molar-refractivity contribution in [3.05, 3.63) is 0 Å². The molecule has 110 valence electrons. The van der Waals surface area contributed by atoms with Crippen molar-refractivity contribution in [2.45, 2.75) is 31.7 Å². The van der Waals surface area contributed by atoms with E-state index >= 15 is 0 Å². The van der Waals surface area contributed by atoms with Crippen molar-refractivity contribution in [1.82, 2.24) is 0 Å². The summed E-state index contributed by atoms with van der Waals surface area (Å²) >= 11 is 0. The molecule has 0 fully saturated rings. The quantitative estimate of drug-likeness (QED) is 0.381. The molecule has 0 radical (unpaired) electrons. The highest BCUT2D eigenvalue weighted by atomic mass is 17.2. The summed E-state index contributed by atoms with van der Waals surface area (Å²) in [5.74, 6) is 0. The van der Waals surface area contributed by atoms with Gasteiger partial charge in [0.2, 0.25) is 0 Å². The maximum atomic E-state index is 5.11. The van der Waals surface area contributed by atoms with Crippen LogP contribution < -0.4 is 0 Å². The third-order valence-corrected chi connectivity index (χ3v) is 2.13. The van der Waals surface area contributed by atoms with Crippen LogP contribution in [0.25, 0.3) is 0 Å². The van der Waals surface area contributed by atoms with Crippen LogP contribution in [0.1, 0.15) is 13.3 Å². The van der Waals surface area contributed by atoms with Crippen molar-refractivity contribution >= 4 is 0 Å². The highest BCUT2D eigenvalue weighted by Crippen LogP contribution is 2.16. The molecule has 0 amide bonds. The Morgan fingerprint density at radius 3 is 1.72 bits per heavy atom. The van der Waals surface area contributed by atoms with Crippen LogP contribution in [-0.4, -0.2) is 53.4 Å². The Balaban J connectivity index is 4.62. The minimum Gasteiger partial charge on any atom is -0.240 e. The highest BCUT2D eigenvalue weighted by molar-refractivity contribution is 4.76. The van der Waals surface area contributed by atoms with Gasteiger partial charge in [-0.25, -0.2) is 39.1 Å². The van der Waals surface area contributed by atoms with E-state index in [1.807, 2.05) is 6.92 Å². The summed E-state index contributed by atoms with van der Waals surface area (Å²) in [6, 6.07) is 0. The second-order valence-corrected chi connectivity index (χ2v) is 3.19. The van der Waals surface area contributed by atoms with Gasteiger partial charge in [-0.1, -0.05) is 6.92 Å². The molecule has 0 aliphatic carbocycles. The average Bonchev–Trinajstić information content (AvgIpc) is 2.39. The van der Waals surface area contributed by atoms with E-state index in [9.17, 15) is 0 Å². The van der Waals surface area contributed by atoms with Gasteiger partial charge >= 0.3 is 0 Å². The van der Waals surface area contributed by atoms with Crippen LogP contribution in [0.5, 0.6) is 0 Å². The number of hydrogen-bond donors (Lipinski definition) is 0. The van der Waals surface area contributed by atoms with Crippen LogP contribution in [0, 0.1) is 0 Å². The van der Waals surface area contributed by atoms with Crippen molar-refractivity contribution < 1.29 is 39.1 Å². The molecule has 0 aromatic heterocycles. The SMILES string of the molecule is CCC(OOC)C(OOC)C(COOC)OOC. The molecule has 18 heavy (non-hydrogen) atoms. The molecule has 8 heteroatoms. The van der Waals surface area contributed by atoms with Gasteiger partial charge in [-0.15, -0.1) is 0 Å². The summed E-state index contributed by atoms with van der Waals surface area (Å²) < 4.78 is 0. The average molecular weight is 270 g/mol. The zero-order valence-electron chi connectivity index (χ0n) is 11.4. The van der Waals surface area contributed by atoms with Gasteiger partial charge in [-0.2, -0.15) is 0 Å². The van der Waals surface area contributed by atoms with Crippen LogP contribution in [0.15, 0.2) is 0 Å². The molecule has 0 rings (SSSR count). The van der Waals surface area contributed by atoms with Gasteiger partial charge in [-0.3, -0.25) is 0 Å². The summed E-state index contributed by atoms with van der Waals surface area (Å²) in [6.45, 7) is 1.97. The molecule has 0 saturated carbocycles. The van der Waals surface area contributed by atoms with E-state index in [4.69, 9.17) is 19.6 Å². The van der Waals surface area contributed by atoms with Gasteiger partial charge < -0.3 is 0 Å². The van der Waals surface area contributed by atoms with E-state index in [-0.39, 0.29) is 6.61 Å². The van der Waals surface area contributed by atoms with Gasteiger partial charge in [0.1, 0.15) is 12.7 Å². The number of rotatable bonds is 12. The molecule has 8 nitrogen and oxygen atoms in total. The summed E-state index contributed by atoms with van der Waals surface area (Å²) in [5, 5.41) is 0.